The van der Waals surface area contributed by atoms with E-state index in [0.717, 1.165) is 0 Å². The summed E-state index contributed by atoms with van der Waals surface area (Å²) in [6.07, 6.45) is 0. The van der Waals surface area contributed by atoms with Crippen LogP contribution in [0.25, 0.3) is 11.5 Å². The van der Waals surface area contributed by atoms with Crippen LogP contribution in [0.4, 0.5) is 5.69 Å². The highest BCUT2D eigenvalue weighted by Gasteiger charge is 2.11. The fourth-order valence-corrected chi connectivity index (χ4v) is 2.76. The monoisotopic (exact) mass is 425 g/mol. The predicted molar refractivity (Wildman–Crippen MR) is 108 cm³/mol. The summed E-state index contributed by atoms with van der Waals surface area (Å²) in [5, 5.41) is 18.8. The van der Waals surface area contributed by atoms with Gasteiger partial charge in [0, 0.05) is 17.7 Å². The molecular formula is C20H15N3O6S. The van der Waals surface area contributed by atoms with Crippen molar-refractivity contribution in [2.75, 3.05) is 19.5 Å². The number of rotatable bonds is 7. The van der Waals surface area contributed by atoms with E-state index in [0.29, 0.717) is 27.9 Å². The van der Waals surface area contributed by atoms with Gasteiger partial charge in [0.15, 0.2) is 6.61 Å². The van der Waals surface area contributed by atoms with E-state index < -0.39 is 10.9 Å². The lowest BCUT2D eigenvalue weighted by Crippen LogP contribution is -2.05. The minimum atomic E-state index is -0.480. The third kappa shape index (κ3) is 5.59. The average molecular weight is 425 g/mol. The lowest BCUT2D eigenvalue weighted by Gasteiger charge is -2.02. The predicted octanol–water partition coefficient (Wildman–Crippen LogP) is 3.61. The summed E-state index contributed by atoms with van der Waals surface area (Å²) in [6, 6.07) is 12.4. The molecule has 1 aromatic heterocycles. The van der Waals surface area contributed by atoms with Crippen molar-refractivity contribution < 1.29 is 23.6 Å². The van der Waals surface area contributed by atoms with Gasteiger partial charge in [-0.05, 0) is 36.4 Å². The first-order chi connectivity index (χ1) is 14.6. The van der Waals surface area contributed by atoms with Crippen molar-refractivity contribution in [3.63, 3.8) is 0 Å². The van der Waals surface area contributed by atoms with Crippen LogP contribution in [0.3, 0.4) is 0 Å². The second-order valence-corrected chi connectivity index (χ2v) is 6.55. The highest BCUT2D eigenvalue weighted by Crippen LogP contribution is 2.24. The van der Waals surface area contributed by atoms with E-state index in [1.165, 1.54) is 36.0 Å². The van der Waals surface area contributed by atoms with Crippen LogP contribution < -0.4 is 4.74 Å². The molecule has 0 aliphatic heterocycles. The number of hydrogen-bond donors (Lipinski definition) is 0. The smallest absolute Gasteiger partial charge is 0.339 e. The molecule has 1 heterocycles. The maximum absolute atomic E-state index is 11.9. The Morgan fingerprint density at radius 2 is 1.87 bits per heavy atom. The largest absolute Gasteiger partial charge is 0.497 e. The molecule has 0 aliphatic rings. The van der Waals surface area contributed by atoms with Crippen molar-refractivity contribution in [2.24, 2.45) is 0 Å². The van der Waals surface area contributed by atoms with Gasteiger partial charge in [-0.2, -0.15) is 0 Å². The van der Waals surface area contributed by atoms with Gasteiger partial charge in [-0.15, -0.1) is 10.2 Å². The molecule has 3 rings (SSSR count). The second kappa shape index (κ2) is 10.1. The van der Waals surface area contributed by atoms with Gasteiger partial charge < -0.3 is 13.9 Å². The van der Waals surface area contributed by atoms with Gasteiger partial charge in [0.1, 0.15) is 5.75 Å². The van der Waals surface area contributed by atoms with E-state index in [1.54, 1.807) is 31.4 Å². The second-order valence-electron chi connectivity index (χ2n) is 5.62. The first-order valence-corrected chi connectivity index (χ1v) is 9.53. The highest BCUT2D eigenvalue weighted by atomic mass is 32.2. The van der Waals surface area contributed by atoms with Gasteiger partial charge >= 0.3 is 5.97 Å². The third-order valence-electron chi connectivity index (χ3n) is 3.73. The number of carbonyl (C=O) groups excluding carboxylic acids is 1. The Balaban J connectivity index is 1.44. The highest BCUT2D eigenvalue weighted by molar-refractivity contribution is 7.99. The van der Waals surface area contributed by atoms with Gasteiger partial charge in [0.2, 0.25) is 5.89 Å². The zero-order valence-corrected chi connectivity index (χ0v) is 16.5. The minimum absolute atomic E-state index is 0.0178. The van der Waals surface area contributed by atoms with Crippen molar-refractivity contribution >= 4 is 23.4 Å². The van der Waals surface area contributed by atoms with Crippen molar-refractivity contribution in [3.05, 3.63) is 64.2 Å². The minimum Gasteiger partial charge on any atom is -0.497 e. The van der Waals surface area contributed by atoms with Gasteiger partial charge in [0.25, 0.3) is 10.9 Å². The number of nitrogens with zero attached hydrogens (tertiary/aromatic N) is 3. The Kier molecular flexibility index (Phi) is 7.02. The Bertz CT molecular complexity index is 1080. The molecule has 0 bridgehead atoms. The van der Waals surface area contributed by atoms with Crippen molar-refractivity contribution in [1.82, 2.24) is 10.2 Å². The number of thioether (sulfide) groups is 1. The molecule has 3 aromatic rings. The van der Waals surface area contributed by atoms with Crippen LogP contribution in [0.1, 0.15) is 10.4 Å². The number of nitro benzene ring substituents is 1. The number of benzene rings is 2. The number of nitro groups is 1. The zero-order valence-electron chi connectivity index (χ0n) is 15.7. The molecule has 10 heteroatoms. The molecule has 0 radical (unpaired) electrons. The van der Waals surface area contributed by atoms with Crippen LogP contribution >= 0.6 is 11.8 Å². The van der Waals surface area contributed by atoms with Crippen LogP contribution in [-0.4, -0.2) is 40.6 Å². The standard InChI is InChI=1S/C20H15N3O6S/c1-27-17-10-6-15(7-11-17)19(24)28-12-2-3-13-30-20-22-21-18(29-20)14-4-8-16(9-5-14)23(25)26/h4-11H,12-13H2,1H3. The Morgan fingerprint density at radius 1 is 1.13 bits per heavy atom. The molecule has 0 N–H and O–H groups in total. The normalized spacial score (nSPS) is 10.0. The summed E-state index contributed by atoms with van der Waals surface area (Å²) in [7, 11) is 1.55. The van der Waals surface area contributed by atoms with Crippen LogP contribution in [0.15, 0.2) is 58.2 Å². The molecular weight excluding hydrogens is 410 g/mol. The molecule has 0 aliphatic carbocycles. The fourth-order valence-electron chi connectivity index (χ4n) is 2.22. The molecule has 2 aromatic carbocycles. The first-order valence-electron chi connectivity index (χ1n) is 8.55. The molecule has 0 saturated heterocycles. The van der Waals surface area contributed by atoms with E-state index in [9.17, 15) is 14.9 Å². The Hall–Kier alpha value is -3.84. The summed E-state index contributed by atoms with van der Waals surface area (Å²) < 4.78 is 15.6. The van der Waals surface area contributed by atoms with E-state index in [2.05, 4.69) is 22.0 Å². The molecule has 0 unspecified atom stereocenters. The topological polar surface area (TPSA) is 118 Å². The van der Waals surface area contributed by atoms with E-state index in [1.807, 2.05) is 0 Å². The molecule has 30 heavy (non-hydrogen) atoms. The SMILES string of the molecule is COc1ccc(C(=O)OCC#CCSc2nnc(-c3ccc([N+](=O)[O-])cc3)o2)cc1. The van der Waals surface area contributed by atoms with Crippen LogP contribution in [0.2, 0.25) is 0 Å². The molecule has 0 amide bonds. The van der Waals surface area contributed by atoms with Crippen LogP contribution in [0.5, 0.6) is 5.75 Å². The number of esters is 1. The number of aromatic nitrogens is 2. The van der Waals surface area contributed by atoms with E-state index >= 15 is 0 Å². The maximum Gasteiger partial charge on any atom is 0.339 e. The average Bonchev–Trinajstić information content (AvgIpc) is 3.25. The summed E-state index contributed by atoms with van der Waals surface area (Å²) in [4.78, 5) is 22.1. The molecule has 152 valence electrons. The van der Waals surface area contributed by atoms with Crippen molar-refractivity contribution in [2.45, 2.75) is 5.22 Å². The van der Waals surface area contributed by atoms with Gasteiger partial charge in [-0.3, -0.25) is 10.1 Å². The summed E-state index contributed by atoms with van der Waals surface area (Å²) in [5.41, 5.74) is 0.976. The van der Waals surface area contributed by atoms with Gasteiger partial charge in [-0.25, -0.2) is 4.79 Å². The van der Waals surface area contributed by atoms with Gasteiger partial charge in [0.05, 0.1) is 23.3 Å². The number of hydrogen-bond acceptors (Lipinski definition) is 9. The van der Waals surface area contributed by atoms with E-state index in [-0.39, 0.29) is 18.2 Å². The summed E-state index contributed by atoms with van der Waals surface area (Å²) >= 11 is 1.23. The number of ether oxygens (including phenoxy) is 2. The third-order valence-corrected chi connectivity index (χ3v) is 4.43. The molecule has 0 fully saturated rings. The molecule has 0 atom stereocenters. The number of methoxy groups -OCH3 is 1. The first kappa shape index (κ1) is 20.9. The molecule has 0 spiro atoms. The Labute approximate surface area is 175 Å². The van der Waals surface area contributed by atoms with Gasteiger partial charge in [-0.1, -0.05) is 23.6 Å². The fraction of sp³-hybridized carbons (Fsp3) is 0.150. The van der Waals surface area contributed by atoms with Crippen molar-refractivity contribution in [3.8, 4) is 29.0 Å². The van der Waals surface area contributed by atoms with Crippen molar-refractivity contribution in [1.29, 1.82) is 0 Å². The summed E-state index contributed by atoms with van der Waals surface area (Å²) in [6.45, 7) is -0.0384. The lowest BCUT2D eigenvalue weighted by atomic mass is 10.2. The Morgan fingerprint density at radius 3 is 2.53 bits per heavy atom. The summed E-state index contributed by atoms with van der Waals surface area (Å²) in [5.74, 6) is 6.39. The number of non-ortho nitro benzene ring substituents is 1. The molecule has 9 nitrogen and oxygen atoms in total. The maximum atomic E-state index is 11.9. The quantitative estimate of drug-likeness (QED) is 0.184. The van der Waals surface area contributed by atoms with Crippen LogP contribution in [-0.2, 0) is 4.74 Å². The van der Waals surface area contributed by atoms with E-state index in [4.69, 9.17) is 13.9 Å². The molecule has 0 saturated carbocycles. The number of carbonyl (C=O) groups is 1. The lowest BCUT2D eigenvalue weighted by molar-refractivity contribution is -0.384. The zero-order chi connectivity index (χ0) is 21.3. The van der Waals surface area contributed by atoms with Crippen LogP contribution in [0, 0.1) is 22.0 Å².